The molecule has 16 heavy (non-hydrogen) atoms. The minimum atomic E-state index is -3.48. The molecular formula is C9H14O6S. The number of rotatable bonds is 3. The molecule has 1 N–H and O–H groups in total. The van der Waals surface area contributed by atoms with Crippen LogP contribution in [-0.2, 0) is 24.2 Å². The second-order valence-electron chi connectivity index (χ2n) is 3.80. The summed E-state index contributed by atoms with van der Waals surface area (Å²) in [5, 5.41) is 9.05. The van der Waals surface area contributed by atoms with E-state index in [-0.39, 0.29) is 25.2 Å². The Morgan fingerprint density at radius 2 is 2.06 bits per heavy atom. The maximum Gasteiger partial charge on any atom is 0.324 e. The van der Waals surface area contributed by atoms with Crippen LogP contribution in [0.2, 0.25) is 0 Å². The minimum absolute atomic E-state index is 0.0143. The lowest BCUT2D eigenvalue weighted by Crippen LogP contribution is -2.49. The summed E-state index contributed by atoms with van der Waals surface area (Å²) in [6.45, 7) is 1.58. The highest BCUT2D eigenvalue weighted by Crippen LogP contribution is 2.33. The number of carboxylic acids is 1. The molecule has 7 heteroatoms. The summed E-state index contributed by atoms with van der Waals surface area (Å²) in [5.41, 5.74) is -1.91. The zero-order valence-corrected chi connectivity index (χ0v) is 9.75. The number of carbonyl (C=O) groups is 2. The Kier molecular flexibility index (Phi) is 3.57. The lowest BCUT2D eigenvalue weighted by molar-refractivity contribution is -0.167. The quantitative estimate of drug-likeness (QED) is 0.551. The molecule has 1 aliphatic heterocycles. The van der Waals surface area contributed by atoms with Crippen LogP contribution >= 0.6 is 0 Å². The van der Waals surface area contributed by atoms with Crippen molar-refractivity contribution < 1.29 is 27.9 Å². The van der Waals surface area contributed by atoms with Gasteiger partial charge in [0.2, 0.25) is 0 Å². The molecule has 1 heterocycles. The van der Waals surface area contributed by atoms with Crippen molar-refractivity contribution in [2.75, 3.05) is 18.1 Å². The predicted molar refractivity (Wildman–Crippen MR) is 54.6 cm³/mol. The van der Waals surface area contributed by atoms with Gasteiger partial charge < -0.3 is 9.84 Å². The van der Waals surface area contributed by atoms with Crippen molar-refractivity contribution in [1.82, 2.24) is 0 Å². The van der Waals surface area contributed by atoms with E-state index in [2.05, 4.69) is 4.74 Å². The van der Waals surface area contributed by atoms with E-state index >= 15 is 0 Å². The topological polar surface area (TPSA) is 97.7 Å². The van der Waals surface area contributed by atoms with Crippen LogP contribution in [0.4, 0.5) is 0 Å². The first-order valence-corrected chi connectivity index (χ1v) is 6.77. The standard InChI is InChI=1S/C9H14O6S/c1-2-15-8(12)9(7(10)11)4-3-5-16(13,14)6-9/h2-6H2,1H3,(H,10,11). The largest absolute Gasteiger partial charge is 0.480 e. The molecule has 1 atom stereocenters. The molecule has 0 amide bonds. The van der Waals surface area contributed by atoms with Crippen LogP contribution < -0.4 is 0 Å². The summed E-state index contributed by atoms with van der Waals surface area (Å²) in [7, 11) is -3.48. The van der Waals surface area contributed by atoms with Crippen LogP contribution in [0, 0.1) is 5.41 Å². The molecule has 0 saturated carbocycles. The van der Waals surface area contributed by atoms with Gasteiger partial charge in [-0.2, -0.15) is 0 Å². The first kappa shape index (κ1) is 13.0. The number of carboxylic acid groups (broad SMARTS) is 1. The van der Waals surface area contributed by atoms with Crippen LogP contribution in [0.5, 0.6) is 0 Å². The van der Waals surface area contributed by atoms with Gasteiger partial charge in [0.25, 0.3) is 0 Å². The summed E-state index contributed by atoms with van der Waals surface area (Å²) >= 11 is 0. The third-order valence-electron chi connectivity index (χ3n) is 2.60. The predicted octanol–water partition coefficient (Wildman–Crippen LogP) is -0.171. The second kappa shape index (κ2) is 4.40. The molecule has 1 unspecified atom stereocenters. The second-order valence-corrected chi connectivity index (χ2v) is 5.99. The summed E-state index contributed by atoms with van der Waals surface area (Å²) in [6, 6.07) is 0. The fraction of sp³-hybridized carbons (Fsp3) is 0.778. The van der Waals surface area contributed by atoms with Crippen molar-refractivity contribution in [3.8, 4) is 0 Å². The third-order valence-corrected chi connectivity index (χ3v) is 4.44. The molecule has 0 aliphatic carbocycles. The van der Waals surface area contributed by atoms with Gasteiger partial charge in [0.05, 0.1) is 18.1 Å². The minimum Gasteiger partial charge on any atom is -0.480 e. The van der Waals surface area contributed by atoms with Crippen LogP contribution in [0.3, 0.4) is 0 Å². The molecule has 0 aromatic heterocycles. The normalized spacial score (nSPS) is 28.3. The van der Waals surface area contributed by atoms with Crippen molar-refractivity contribution in [3.63, 3.8) is 0 Å². The van der Waals surface area contributed by atoms with E-state index in [1.807, 2.05) is 0 Å². The van der Waals surface area contributed by atoms with Crippen molar-refractivity contribution in [3.05, 3.63) is 0 Å². The molecule has 0 spiro atoms. The van der Waals surface area contributed by atoms with Gasteiger partial charge in [-0.25, -0.2) is 8.42 Å². The average Bonchev–Trinajstić information content (AvgIpc) is 2.16. The fourth-order valence-electron chi connectivity index (χ4n) is 1.80. The molecule has 1 saturated heterocycles. The Labute approximate surface area is 93.5 Å². The van der Waals surface area contributed by atoms with E-state index in [4.69, 9.17) is 5.11 Å². The lowest BCUT2D eigenvalue weighted by atomic mass is 9.85. The summed E-state index contributed by atoms with van der Waals surface area (Å²) < 4.78 is 27.5. The first-order chi connectivity index (χ1) is 7.34. The summed E-state index contributed by atoms with van der Waals surface area (Å²) in [6.07, 6.45) is 0.188. The maximum atomic E-state index is 11.6. The lowest BCUT2D eigenvalue weighted by Gasteiger charge is -2.30. The van der Waals surface area contributed by atoms with E-state index < -0.39 is 32.9 Å². The summed E-state index contributed by atoms with van der Waals surface area (Å²) in [4.78, 5) is 22.7. The molecular weight excluding hydrogens is 236 g/mol. The maximum absolute atomic E-state index is 11.6. The van der Waals surface area contributed by atoms with E-state index in [1.54, 1.807) is 6.92 Å². The Balaban J connectivity index is 3.06. The number of hydrogen-bond donors (Lipinski definition) is 1. The number of ether oxygens (including phenoxy) is 1. The molecule has 1 rings (SSSR count). The van der Waals surface area contributed by atoms with Crippen molar-refractivity contribution >= 4 is 21.8 Å². The molecule has 0 aromatic rings. The van der Waals surface area contributed by atoms with Gasteiger partial charge in [0, 0.05) is 0 Å². The van der Waals surface area contributed by atoms with Crippen LogP contribution in [0.25, 0.3) is 0 Å². The van der Waals surface area contributed by atoms with E-state index in [9.17, 15) is 18.0 Å². The molecule has 6 nitrogen and oxygen atoms in total. The molecule has 1 fully saturated rings. The Hall–Kier alpha value is -1.11. The van der Waals surface area contributed by atoms with Gasteiger partial charge in [0.15, 0.2) is 15.3 Å². The van der Waals surface area contributed by atoms with E-state index in [0.717, 1.165) is 0 Å². The smallest absolute Gasteiger partial charge is 0.324 e. The number of sulfone groups is 1. The van der Waals surface area contributed by atoms with E-state index in [1.165, 1.54) is 0 Å². The molecule has 0 bridgehead atoms. The number of carbonyl (C=O) groups excluding carboxylic acids is 1. The van der Waals surface area contributed by atoms with Gasteiger partial charge in [-0.1, -0.05) is 0 Å². The Bertz CT molecular complexity index is 398. The number of esters is 1. The van der Waals surface area contributed by atoms with Crippen LogP contribution in [0.15, 0.2) is 0 Å². The molecule has 92 valence electrons. The highest BCUT2D eigenvalue weighted by molar-refractivity contribution is 7.91. The van der Waals surface area contributed by atoms with Gasteiger partial charge in [-0.3, -0.25) is 9.59 Å². The van der Waals surface area contributed by atoms with Gasteiger partial charge in [-0.15, -0.1) is 0 Å². The Morgan fingerprint density at radius 3 is 2.50 bits per heavy atom. The zero-order valence-electron chi connectivity index (χ0n) is 8.93. The summed E-state index contributed by atoms with van der Waals surface area (Å²) in [5.74, 6) is -3.10. The highest BCUT2D eigenvalue weighted by atomic mass is 32.2. The zero-order chi connectivity index (χ0) is 12.4. The SMILES string of the molecule is CCOC(=O)C1(C(=O)O)CCCS(=O)(=O)C1. The van der Waals surface area contributed by atoms with Gasteiger partial charge >= 0.3 is 11.9 Å². The highest BCUT2D eigenvalue weighted by Gasteiger charge is 2.52. The first-order valence-electron chi connectivity index (χ1n) is 4.95. The van der Waals surface area contributed by atoms with E-state index in [0.29, 0.717) is 0 Å². The monoisotopic (exact) mass is 250 g/mol. The van der Waals surface area contributed by atoms with Crippen molar-refractivity contribution in [2.45, 2.75) is 19.8 Å². The molecule has 0 radical (unpaired) electrons. The Morgan fingerprint density at radius 1 is 1.44 bits per heavy atom. The van der Waals surface area contributed by atoms with Gasteiger partial charge in [0.1, 0.15) is 0 Å². The van der Waals surface area contributed by atoms with Crippen LogP contribution in [0.1, 0.15) is 19.8 Å². The van der Waals surface area contributed by atoms with Crippen LogP contribution in [-0.4, -0.2) is 43.6 Å². The fourth-order valence-corrected chi connectivity index (χ4v) is 3.66. The average molecular weight is 250 g/mol. The number of aliphatic carboxylic acids is 1. The molecule has 1 aliphatic rings. The molecule has 0 aromatic carbocycles. The van der Waals surface area contributed by atoms with Crippen molar-refractivity contribution in [2.24, 2.45) is 5.41 Å². The third kappa shape index (κ3) is 2.34. The van der Waals surface area contributed by atoms with Crippen molar-refractivity contribution in [1.29, 1.82) is 0 Å². The number of hydrogen-bond acceptors (Lipinski definition) is 5. The van der Waals surface area contributed by atoms with Gasteiger partial charge in [-0.05, 0) is 19.8 Å².